The molecule has 2 aliphatic rings. The summed E-state index contributed by atoms with van der Waals surface area (Å²) >= 11 is 0. The number of aryl methyl sites for hydroxylation is 3. The maximum absolute atomic E-state index is 13.0. The molecule has 4 aromatic carbocycles. The van der Waals surface area contributed by atoms with E-state index >= 15 is 0 Å². The number of ketones is 4. The number of benzene rings is 4. The van der Waals surface area contributed by atoms with Crippen molar-refractivity contribution in [3.8, 4) is 17.2 Å². The Morgan fingerprint density at radius 1 is 0.552 bits per heavy atom. The van der Waals surface area contributed by atoms with Crippen molar-refractivity contribution in [3.63, 3.8) is 0 Å². The molecule has 8 aromatic rings. The van der Waals surface area contributed by atoms with Crippen LogP contribution in [0.4, 0.5) is 11.6 Å². The van der Waals surface area contributed by atoms with E-state index in [-0.39, 0.29) is 41.4 Å². The molecule has 8 atom stereocenters. The van der Waals surface area contributed by atoms with E-state index in [4.69, 9.17) is 23.7 Å². The van der Waals surface area contributed by atoms with Gasteiger partial charge in [-0.3, -0.25) is 28.3 Å². The molecule has 0 bridgehead atoms. The highest BCUT2D eigenvalue weighted by Gasteiger charge is 2.48. The number of nitrogens with one attached hydrogen (secondary N) is 2. The van der Waals surface area contributed by atoms with Crippen LogP contribution in [0.2, 0.25) is 0 Å². The molecule has 0 radical (unpaired) electrons. The number of anilines is 2. The Labute approximate surface area is 503 Å². The average molecular weight is 1190 g/mol. The monoisotopic (exact) mass is 1190 g/mol. The Bertz CT molecular complexity index is 3730. The number of fused-ring (bicyclic) bond motifs is 2. The second-order valence-corrected chi connectivity index (χ2v) is 22.5. The number of ether oxygens (including phenoxy) is 5. The summed E-state index contributed by atoms with van der Waals surface area (Å²) < 4.78 is 30.5. The van der Waals surface area contributed by atoms with Crippen molar-refractivity contribution in [2.75, 3.05) is 32.0 Å². The predicted molar refractivity (Wildman–Crippen MR) is 322 cm³/mol. The van der Waals surface area contributed by atoms with Crippen molar-refractivity contribution in [1.29, 1.82) is 0 Å². The Hall–Kier alpha value is -8.58. The summed E-state index contributed by atoms with van der Waals surface area (Å²) in [5, 5.41) is 48.4. The molecule has 2 saturated heterocycles. The first-order chi connectivity index (χ1) is 41.7. The van der Waals surface area contributed by atoms with Gasteiger partial charge in [0, 0.05) is 49.9 Å². The third-order valence-corrected chi connectivity index (χ3v) is 15.6. The average Bonchev–Trinajstić information content (AvgIpc) is 1.93. The van der Waals surface area contributed by atoms with Crippen LogP contribution in [0, 0.1) is 6.92 Å². The summed E-state index contributed by atoms with van der Waals surface area (Å²) in [5.41, 5.74) is 9.31. The number of hydrogen-bond donors (Lipinski definition) is 6. The molecule has 87 heavy (non-hydrogen) atoms. The number of Topliss-reactive ketones (excluding diaryl/α,β-unsaturated/α-hetero) is 4. The van der Waals surface area contributed by atoms with Gasteiger partial charge in [-0.2, -0.15) is 0 Å². The third-order valence-electron chi connectivity index (χ3n) is 15.6. The summed E-state index contributed by atoms with van der Waals surface area (Å²) in [6.07, 6.45) is -1.59. The van der Waals surface area contributed by atoms with E-state index in [0.29, 0.717) is 95.5 Å². The minimum atomic E-state index is -1.35. The molecular formula is C64H74N10O13. The van der Waals surface area contributed by atoms with Gasteiger partial charge in [-0.1, -0.05) is 94.8 Å². The molecular weight excluding hydrogens is 1120 g/mol. The first-order valence-corrected chi connectivity index (χ1v) is 28.8. The van der Waals surface area contributed by atoms with Gasteiger partial charge >= 0.3 is 0 Å². The number of hydrogen-bond acceptors (Lipinski definition) is 21. The molecule has 23 heteroatoms. The Morgan fingerprint density at radius 3 is 1.36 bits per heavy atom. The lowest BCUT2D eigenvalue weighted by atomic mass is 9.84. The molecule has 10 rings (SSSR count). The normalized spacial score (nSPS) is 20.0. The Kier molecular flexibility index (Phi) is 19.8. The molecule has 6 N–H and O–H groups in total. The zero-order valence-corrected chi connectivity index (χ0v) is 50.1. The van der Waals surface area contributed by atoms with E-state index in [1.54, 1.807) is 26.0 Å². The molecule has 4 aromatic heterocycles. The topological polar surface area (TPSA) is 307 Å². The van der Waals surface area contributed by atoms with Crippen LogP contribution in [0.1, 0.15) is 127 Å². The van der Waals surface area contributed by atoms with Crippen LogP contribution in [0.5, 0.6) is 17.2 Å². The summed E-state index contributed by atoms with van der Waals surface area (Å²) in [5.74, 6) is 1.80. The maximum atomic E-state index is 13.0. The van der Waals surface area contributed by atoms with Crippen LogP contribution >= 0.6 is 0 Å². The van der Waals surface area contributed by atoms with Gasteiger partial charge in [0.15, 0.2) is 81.1 Å². The maximum Gasteiger partial charge on any atom is 0.203 e. The fourth-order valence-corrected chi connectivity index (χ4v) is 10.5. The van der Waals surface area contributed by atoms with Crippen LogP contribution in [-0.4, -0.2) is 141 Å². The van der Waals surface area contributed by atoms with Gasteiger partial charge in [0.2, 0.25) is 5.75 Å². The smallest absolute Gasteiger partial charge is 0.203 e. The van der Waals surface area contributed by atoms with E-state index < -0.39 is 49.1 Å². The molecule has 2 aliphatic heterocycles. The van der Waals surface area contributed by atoms with Crippen molar-refractivity contribution < 1.29 is 63.3 Å². The highest BCUT2D eigenvalue weighted by atomic mass is 16.6. The van der Waals surface area contributed by atoms with E-state index in [2.05, 4.69) is 67.4 Å². The van der Waals surface area contributed by atoms with Crippen LogP contribution in [-0.2, 0) is 50.4 Å². The Morgan fingerprint density at radius 2 is 0.966 bits per heavy atom. The van der Waals surface area contributed by atoms with Gasteiger partial charge in [0.1, 0.15) is 49.3 Å². The SMILES string of the molecule is CCC(=O)[C@H]1O[C@@H](n2cnc3c(NCc4ccc(CCC(=O)c5cc(C)cc(C(C)(C)C)c5)cc4)ncnc32)C(O)[C@H]1O.CCC(=O)[C@H]1O[C@@H](n2cnc3c(NCc4ccc(CCC(=O)c5cc(OC)c(OC)c(OC)c5)cc4)ncnc32)C(O)[C@H]1O. The van der Waals surface area contributed by atoms with Gasteiger partial charge in [0.05, 0.1) is 34.0 Å². The molecule has 2 fully saturated rings. The number of aliphatic hydroxyl groups excluding tert-OH is 4. The summed E-state index contributed by atoms with van der Waals surface area (Å²) in [6.45, 7) is 12.8. The first-order valence-electron chi connectivity index (χ1n) is 28.8. The lowest BCUT2D eigenvalue weighted by Gasteiger charge is -2.20. The number of rotatable bonds is 23. The van der Waals surface area contributed by atoms with Crippen LogP contribution in [0.25, 0.3) is 22.3 Å². The summed E-state index contributed by atoms with van der Waals surface area (Å²) in [6, 6.07) is 25.4. The highest BCUT2D eigenvalue weighted by Crippen LogP contribution is 2.39. The Balaban J connectivity index is 0.000000208. The summed E-state index contributed by atoms with van der Waals surface area (Å²) in [4.78, 5) is 76.3. The molecule has 0 saturated carbocycles. The largest absolute Gasteiger partial charge is 0.493 e. The van der Waals surface area contributed by atoms with Gasteiger partial charge in [0.25, 0.3) is 0 Å². The van der Waals surface area contributed by atoms with Gasteiger partial charge < -0.3 is 54.7 Å². The number of methoxy groups -OCH3 is 3. The number of aromatic nitrogens is 8. The zero-order valence-electron chi connectivity index (χ0n) is 50.1. The number of carbonyl (C=O) groups is 4. The molecule has 6 heterocycles. The van der Waals surface area contributed by atoms with Crippen molar-refractivity contribution in [2.45, 2.75) is 148 Å². The second kappa shape index (κ2) is 27.4. The first kappa shape index (κ1) is 62.9. The molecule has 0 amide bonds. The molecule has 458 valence electrons. The fraction of sp³-hybridized carbons (Fsp3) is 0.406. The minimum Gasteiger partial charge on any atom is -0.493 e. The van der Waals surface area contributed by atoms with Gasteiger partial charge in [-0.25, -0.2) is 29.9 Å². The number of nitrogens with zero attached hydrogens (tertiary/aromatic N) is 8. The second-order valence-electron chi connectivity index (χ2n) is 22.5. The van der Waals surface area contributed by atoms with Crippen molar-refractivity contribution >= 4 is 57.1 Å². The van der Waals surface area contributed by atoms with Crippen molar-refractivity contribution in [3.05, 3.63) is 149 Å². The lowest BCUT2D eigenvalue weighted by Crippen LogP contribution is -2.35. The summed E-state index contributed by atoms with van der Waals surface area (Å²) in [7, 11) is 4.54. The van der Waals surface area contributed by atoms with E-state index in [9.17, 15) is 39.6 Å². The van der Waals surface area contributed by atoms with E-state index in [0.717, 1.165) is 33.4 Å². The molecule has 0 aliphatic carbocycles. The molecule has 0 spiro atoms. The lowest BCUT2D eigenvalue weighted by molar-refractivity contribution is -0.135. The third kappa shape index (κ3) is 14.0. The number of imidazole rings is 2. The number of carbonyl (C=O) groups excluding carboxylic acids is 4. The van der Waals surface area contributed by atoms with Crippen LogP contribution in [0.3, 0.4) is 0 Å². The van der Waals surface area contributed by atoms with E-state index in [1.165, 1.54) is 61.3 Å². The quantitative estimate of drug-likeness (QED) is 0.0341. The highest BCUT2D eigenvalue weighted by molar-refractivity contribution is 5.98. The molecule has 23 nitrogen and oxygen atoms in total. The predicted octanol–water partition coefficient (Wildman–Crippen LogP) is 7.34. The van der Waals surface area contributed by atoms with Gasteiger partial charge in [-0.05, 0) is 77.3 Å². The fourth-order valence-electron chi connectivity index (χ4n) is 10.5. The van der Waals surface area contributed by atoms with Crippen molar-refractivity contribution in [1.82, 2.24) is 39.0 Å². The zero-order chi connectivity index (χ0) is 62.3. The van der Waals surface area contributed by atoms with Crippen LogP contribution in [0.15, 0.2) is 104 Å². The van der Waals surface area contributed by atoms with Crippen molar-refractivity contribution in [2.24, 2.45) is 0 Å². The van der Waals surface area contributed by atoms with Gasteiger partial charge in [-0.15, -0.1) is 0 Å². The minimum absolute atomic E-state index is 0.0154. The molecule has 2 unspecified atom stereocenters. The number of aliphatic hydroxyl groups is 4. The van der Waals surface area contributed by atoms with E-state index in [1.807, 2.05) is 67.6 Å². The standard InChI is InChI=1S/C33H39N5O5.C31H35N5O8/c1-6-24(39)29-27(41)28(42)32(43-29)38-18-37-26-30(35-17-36-31(26)38)34-16-21-9-7-20(8-10-21)11-12-25(40)22-13-19(2)14-23(15-22)33(3,4)5;1-5-20(37)27-25(39)26(40)31(44-27)36-16-35-24-29(33-15-34-30(24)36)32-14-18-8-6-17(7-9-18)10-11-21(38)19-12-22(41-2)28(43-4)23(13-19)42-3/h7-10,13-15,17-18,27-29,32,41-42H,6,11-12,16H2,1-5H3,(H,34,35,36);6-9,12-13,15-16,25-27,31,39-40H,5,10-11,14H2,1-4H3,(H,32,33,34)/t27-,28?,29-,32-;25-,26?,27-,31-/m11/s1. The van der Waals surface area contributed by atoms with Crippen LogP contribution < -0.4 is 24.8 Å².